The van der Waals surface area contributed by atoms with Crippen LogP contribution < -0.4 is 10.1 Å². The van der Waals surface area contributed by atoms with Gasteiger partial charge in [-0.3, -0.25) is 0 Å². The third kappa shape index (κ3) is 1.18. The topological polar surface area (TPSA) is 21.3 Å². The molecule has 0 saturated heterocycles. The lowest BCUT2D eigenvalue weighted by atomic mass is 10.1. The van der Waals surface area contributed by atoms with E-state index in [9.17, 15) is 0 Å². The van der Waals surface area contributed by atoms with E-state index >= 15 is 0 Å². The average Bonchev–Trinajstić information content (AvgIpc) is 2.50. The van der Waals surface area contributed by atoms with Crippen LogP contribution in [0, 0.1) is 0 Å². The third-order valence-corrected chi connectivity index (χ3v) is 2.48. The van der Waals surface area contributed by atoms with Crippen LogP contribution in [0.5, 0.6) is 5.75 Å². The highest BCUT2D eigenvalue weighted by molar-refractivity contribution is 9.10. The molecule has 0 spiro atoms. The summed E-state index contributed by atoms with van der Waals surface area (Å²) in [6, 6.07) is 4.15. The van der Waals surface area contributed by atoms with Crippen molar-refractivity contribution < 1.29 is 4.74 Å². The van der Waals surface area contributed by atoms with Crippen LogP contribution in [0.4, 0.5) is 5.69 Å². The molecular weight excluding hydrogens is 218 g/mol. The van der Waals surface area contributed by atoms with E-state index in [2.05, 4.69) is 27.3 Å². The SMILES string of the molecule is CNc1cc(Br)cc2c1OCC2. The Kier molecular flexibility index (Phi) is 1.97. The minimum absolute atomic E-state index is 0.806. The van der Waals surface area contributed by atoms with Crippen LogP contribution in [0.25, 0.3) is 0 Å². The predicted molar refractivity (Wildman–Crippen MR) is 52.9 cm³/mol. The Morgan fingerprint density at radius 2 is 2.33 bits per heavy atom. The first-order chi connectivity index (χ1) is 5.81. The van der Waals surface area contributed by atoms with Gasteiger partial charge in [-0.25, -0.2) is 0 Å². The molecule has 0 radical (unpaired) electrons. The summed E-state index contributed by atoms with van der Waals surface area (Å²) in [7, 11) is 1.91. The lowest BCUT2D eigenvalue weighted by molar-refractivity contribution is 0.358. The predicted octanol–water partition coefficient (Wildman–Crippen LogP) is 2.43. The summed E-state index contributed by atoms with van der Waals surface area (Å²) in [6.45, 7) is 0.806. The first-order valence-corrected chi connectivity index (χ1v) is 4.73. The molecule has 0 unspecified atom stereocenters. The zero-order valence-corrected chi connectivity index (χ0v) is 8.44. The van der Waals surface area contributed by atoms with Crippen LogP contribution in [0.2, 0.25) is 0 Å². The summed E-state index contributed by atoms with van der Waals surface area (Å²) in [5.41, 5.74) is 2.35. The zero-order chi connectivity index (χ0) is 8.55. The molecule has 0 atom stereocenters. The lowest BCUT2D eigenvalue weighted by Crippen LogP contribution is -1.93. The Bertz CT molecular complexity index is 312. The highest BCUT2D eigenvalue weighted by Gasteiger charge is 2.16. The second kappa shape index (κ2) is 2.98. The van der Waals surface area contributed by atoms with E-state index in [0.717, 1.165) is 28.9 Å². The van der Waals surface area contributed by atoms with Crippen molar-refractivity contribution in [2.45, 2.75) is 6.42 Å². The molecule has 64 valence electrons. The van der Waals surface area contributed by atoms with Gasteiger partial charge in [0.25, 0.3) is 0 Å². The summed E-state index contributed by atoms with van der Waals surface area (Å²) in [5.74, 6) is 1.01. The number of fused-ring (bicyclic) bond motifs is 1. The molecule has 0 saturated carbocycles. The summed E-state index contributed by atoms with van der Waals surface area (Å²) >= 11 is 3.46. The summed E-state index contributed by atoms with van der Waals surface area (Å²) < 4.78 is 6.60. The van der Waals surface area contributed by atoms with Crippen LogP contribution >= 0.6 is 15.9 Å². The molecule has 1 aliphatic rings. The van der Waals surface area contributed by atoms with E-state index in [1.165, 1.54) is 5.56 Å². The Labute approximate surface area is 80.1 Å². The molecule has 1 aromatic carbocycles. The van der Waals surface area contributed by atoms with Gasteiger partial charge in [-0.05, 0) is 12.1 Å². The van der Waals surface area contributed by atoms with Crippen molar-refractivity contribution in [3.63, 3.8) is 0 Å². The Morgan fingerprint density at radius 1 is 1.50 bits per heavy atom. The number of ether oxygens (including phenoxy) is 1. The molecule has 0 bridgehead atoms. The Balaban J connectivity index is 2.55. The van der Waals surface area contributed by atoms with Gasteiger partial charge >= 0.3 is 0 Å². The minimum Gasteiger partial charge on any atom is -0.491 e. The van der Waals surface area contributed by atoms with Gasteiger partial charge in [-0.2, -0.15) is 0 Å². The number of halogens is 1. The van der Waals surface area contributed by atoms with E-state index < -0.39 is 0 Å². The number of benzene rings is 1. The molecule has 1 aromatic rings. The monoisotopic (exact) mass is 227 g/mol. The Morgan fingerprint density at radius 3 is 3.08 bits per heavy atom. The first kappa shape index (κ1) is 7.92. The highest BCUT2D eigenvalue weighted by Crippen LogP contribution is 2.36. The Hall–Kier alpha value is -0.700. The number of rotatable bonds is 1. The molecule has 0 aliphatic carbocycles. The maximum atomic E-state index is 5.49. The van der Waals surface area contributed by atoms with Crippen LogP contribution in [-0.2, 0) is 6.42 Å². The van der Waals surface area contributed by atoms with Crippen molar-refractivity contribution in [2.75, 3.05) is 19.0 Å². The summed E-state index contributed by atoms with van der Waals surface area (Å²) in [5, 5.41) is 3.11. The zero-order valence-electron chi connectivity index (χ0n) is 6.86. The van der Waals surface area contributed by atoms with Crippen LogP contribution in [0.3, 0.4) is 0 Å². The molecule has 1 N–H and O–H groups in total. The molecule has 0 aromatic heterocycles. The van der Waals surface area contributed by atoms with Gasteiger partial charge in [0.15, 0.2) is 0 Å². The van der Waals surface area contributed by atoms with E-state index in [-0.39, 0.29) is 0 Å². The fraction of sp³-hybridized carbons (Fsp3) is 0.333. The van der Waals surface area contributed by atoms with Gasteiger partial charge < -0.3 is 10.1 Å². The molecule has 2 nitrogen and oxygen atoms in total. The molecule has 2 rings (SSSR count). The maximum absolute atomic E-state index is 5.49. The third-order valence-electron chi connectivity index (χ3n) is 2.02. The van der Waals surface area contributed by atoms with E-state index in [1.807, 2.05) is 13.1 Å². The fourth-order valence-corrected chi connectivity index (χ4v) is 1.96. The van der Waals surface area contributed by atoms with Gasteiger partial charge in [0.05, 0.1) is 12.3 Å². The molecule has 12 heavy (non-hydrogen) atoms. The van der Waals surface area contributed by atoms with E-state index in [1.54, 1.807) is 0 Å². The number of hydrogen-bond donors (Lipinski definition) is 1. The fourth-order valence-electron chi connectivity index (χ4n) is 1.45. The summed E-state index contributed by atoms with van der Waals surface area (Å²) in [4.78, 5) is 0. The van der Waals surface area contributed by atoms with Crippen molar-refractivity contribution in [2.24, 2.45) is 0 Å². The molecule has 0 fully saturated rings. The van der Waals surface area contributed by atoms with Gasteiger partial charge in [-0.15, -0.1) is 0 Å². The first-order valence-electron chi connectivity index (χ1n) is 3.94. The standard InChI is InChI=1S/C9H10BrNO/c1-11-8-5-7(10)4-6-2-3-12-9(6)8/h4-5,11H,2-3H2,1H3. The van der Waals surface area contributed by atoms with Crippen molar-refractivity contribution in [3.8, 4) is 5.75 Å². The second-order valence-electron chi connectivity index (χ2n) is 2.79. The van der Waals surface area contributed by atoms with E-state index in [0.29, 0.717) is 0 Å². The normalized spacial score (nSPS) is 13.8. The molecule has 0 amide bonds. The highest BCUT2D eigenvalue weighted by atomic mass is 79.9. The van der Waals surface area contributed by atoms with Gasteiger partial charge in [-0.1, -0.05) is 15.9 Å². The minimum atomic E-state index is 0.806. The second-order valence-corrected chi connectivity index (χ2v) is 3.71. The lowest BCUT2D eigenvalue weighted by Gasteiger charge is -2.07. The van der Waals surface area contributed by atoms with Crippen molar-refractivity contribution in [3.05, 3.63) is 22.2 Å². The van der Waals surface area contributed by atoms with E-state index in [4.69, 9.17) is 4.74 Å². The maximum Gasteiger partial charge on any atom is 0.145 e. The smallest absolute Gasteiger partial charge is 0.145 e. The average molecular weight is 228 g/mol. The molecule has 3 heteroatoms. The molecular formula is C9H10BrNO. The number of hydrogen-bond acceptors (Lipinski definition) is 2. The van der Waals surface area contributed by atoms with Crippen molar-refractivity contribution >= 4 is 21.6 Å². The van der Waals surface area contributed by atoms with Crippen LogP contribution in [-0.4, -0.2) is 13.7 Å². The van der Waals surface area contributed by atoms with Crippen molar-refractivity contribution in [1.29, 1.82) is 0 Å². The van der Waals surface area contributed by atoms with Gasteiger partial charge in [0.1, 0.15) is 5.75 Å². The summed E-state index contributed by atoms with van der Waals surface area (Å²) in [6.07, 6.45) is 1.02. The largest absolute Gasteiger partial charge is 0.491 e. The number of nitrogens with one attached hydrogen (secondary N) is 1. The van der Waals surface area contributed by atoms with Gasteiger partial charge in [0.2, 0.25) is 0 Å². The molecule has 1 heterocycles. The van der Waals surface area contributed by atoms with Gasteiger partial charge in [0, 0.05) is 23.5 Å². The van der Waals surface area contributed by atoms with Crippen molar-refractivity contribution in [1.82, 2.24) is 0 Å². The molecule has 1 aliphatic heterocycles. The van der Waals surface area contributed by atoms with Crippen LogP contribution in [0.15, 0.2) is 16.6 Å². The number of anilines is 1. The van der Waals surface area contributed by atoms with Crippen LogP contribution in [0.1, 0.15) is 5.56 Å². The quantitative estimate of drug-likeness (QED) is 0.796.